The van der Waals surface area contributed by atoms with Crippen molar-refractivity contribution < 1.29 is 8.42 Å². The number of hydrogen-bond donors (Lipinski definition) is 2. The summed E-state index contributed by atoms with van der Waals surface area (Å²) in [6, 6.07) is 10.4. The fraction of sp³-hybridized carbons (Fsp3) is 0.158. The van der Waals surface area contributed by atoms with Crippen molar-refractivity contribution in [1.82, 2.24) is 14.7 Å². The van der Waals surface area contributed by atoms with Crippen LogP contribution in [0.1, 0.15) is 5.56 Å². The molecule has 2 heterocycles. The molecular formula is C19H19ClN4O2S. The molecule has 0 aliphatic heterocycles. The molecule has 2 aromatic heterocycles. The number of hydrogen-bond acceptors (Lipinski definition) is 5. The first-order valence-electron chi connectivity index (χ1n) is 8.31. The third kappa shape index (κ3) is 4.82. The van der Waals surface area contributed by atoms with E-state index in [9.17, 15) is 8.42 Å². The topological polar surface area (TPSA) is 84.0 Å². The Hall–Kier alpha value is -2.48. The SMILES string of the molecule is Cc1cnccc1NCCNS(=O)(=O)c1ccc(-c2ccncc2)cc1Cl. The smallest absolute Gasteiger partial charge is 0.242 e. The van der Waals surface area contributed by atoms with Gasteiger partial charge < -0.3 is 5.32 Å². The molecule has 6 nitrogen and oxygen atoms in total. The van der Waals surface area contributed by atoms with E-state index in [0.29, 0.717) is 6.54 Å². The minimum Gasteiger partial charge on any atom is -0.383 e. The predicted octanol–water partition coefficient (Wildman–Crippen LogP) is 3.50. The van der Waals surface area contributed by atoms with Gasteiger partial charge in [0.2, 0.25) is 10.0 Å². The molecule has 0 radical (unpaired) electrons. The highest BCUT2D eigenvalue weighted by Gasteiger charge is 2.18. The predicted molar refractivity (Wildman–Crippen MR) is 107 cm³/mol. The van der Waals surface area contributed by atoms with Gasteiger partial charge in [-0.15, -0.1) is 0 Å². The van der Waals surface area contributed by atoms with Crippen LogP contribution in [0, 0.1) is 6.92 Å². The minimum absolute atomic E-state index is 0.0575. The maximum atomic E-state index is 12.5. The van der Waals surface area contributed by atoms with Crippen molar-refractivity contribution in [2.24, 2.45) is 0 Å². The van der Waals surface area contributed by atoms with Crippen LogP contribution in [-0.2, 0) is 10.0 Å². The Kier molecular flexibility index (Phi) is 6.05. The second-order valence-electron chi connectivity index (χ2n) is 5.90. The number of halogens is 1. The average molecular weight is 403 g/mol. The Balaban J connectivity index is 1.65. The molecule has 0 unspecified atom stereocenters. The summed E-state index contributed by atoms with van der Waals surface area (Å²) in [6.45, 7) is 2.60. The van der Waals surface area contributed by atoms with E-state index in [2.05, 4.69) is 20.0 Å². The van der Waals surface area contributed by atoms with E-state index in [1.54, 1.807) is 36.9 Å². The minimum atomic E-state index is -3.70. The molecule has 27 heavy (non-hydrogen) atoms. The maximum absolute atomic E-state index is 12.5. The molecule has 0 fully saturated rings. The van der Waals surface area contributed by atoms with Gasteiger partial charge >= 0.3 is 0 Å². The monoisotopic (exact) mass is 402 g/mol. The number of pyridine rings is 2. The molecule has 0 amide bonds. The third-order valence-electron chi connectivity index (χ3n) is 3.99. The van der Waals surface area contributed by atoms with Gasteiger partial charge in [-0.1, -0.05) is 17.7 Å². The lowest BCUT2D eigenvalue weighted by atomic mass is 10.1. The van der Waals surface area contributed by atoms with Crippen LogP contribution in [0.4, 0.5) is 5.69 Å². The van der Waals surface area contributed by atoms with Gasteiger partial charge in [-0.05, 0) is 53.9 Å². The van der Waals surface area contributed by atoms with Gasteiger partial charge in [0.05, 0.1) is 5.02 Å². The first-order chi connectivity index (χ1) is 13.0. The average Bonchev–Trinajstić information content (AvgIpc) is 2.67. The molecule has 0 atom stereocenters. The van der Waals surface area contributed by atoms with E-state index in [4.69, 9.17) is 11.6 Å². The van der Waals surface area contributed by atoms with E-state index in [-0.39, 0.29) is 16.5 Å². The highest BCUT2D eigenvalue weighted by atomic mass is 35.5. The van der Waals surface area contributed by atoms with Crippen LogP contribution < -0.4 is 10.0 Å². The zero-order valence-corrected chi connectivity index (χ0v) is 16.3. The first-order valence-corrected chi connectivity index (χ1v) is 10.2. The molecule has 140 valence electrons. The van der Waals surface area contributed by atoms with E-state index < -0.39 is 10.0 Å². The van der Waals surface area contributed by atoms with Crippen LogP contribution in [0.15, 0.2) is 66.1 Å². The molecule has 0 aliphatic rings. The molecule has 1 aromatic carbocycles. The third-order valence-corrected chi connectivity index (χ3v) is 5.93. The Bertz CT molecular complexity index is 1030. The van der Waals surface area contributed by atoms with E-state index >= 15 is 0 Å². The summed E-state index contributed by atoms with van der Waals surface area (Å²) in [4.78, 5) is 8.05. The number of rotatable bonds is 7. The molecule has 0 aliphatic carbocycles. The lowest BCUT2D eigenvalue weighted by Crippen LogP contribution is -2.29. The van der Waals surface area contributed by atoms with Crippen molar-refractivity contribution in [3.63, 3.8) is 0 Å². The number of benzene rings is 1. The van der Waals surface area contributed by atoms with Crippen LogP contribution in [0.25, 0.3) is 11.1 Å². The summed E-state index contributed by atoms with van der Waals surface area (Å²) >= 11 is 6.24. The summed E-state index contributed by atoms with van der Waals surface area (Å²) in [7, 11) is -3.70. The number of nitrogens with zero attached hydrogens (tertiary/aromatic N) is 2. The molecule has 0 spiro atoms. The van der Waals surface area contributed by atoms with E-state index in [1.807, 2.05) is 25.1 Å². The quantitative estimate of drug-likeness (QED) is 0.591. The fourth-order valence-electron chi connectivity index (χ4n) is 2.57. The zero-order valence-electron chi connectivity index (χ0n) is 14.7. The van der Waals surface area contributed by atoms with Crippen molar-refractivity contribution in [3.8, 4) is 11.1 Å². The van der Waals surface area contributed by atoms with Gasteiger partial charge in [0.1, 0.15) is 4.90 Å². The van der Waals surface area contributed by atoms with Crippen molar-refractivity contribution in [3.05, 3.63) is 71.8 Å². The largest absolute Gasteiger partial charge is 0.383 e. The van der Waals surface area contributed by atoms with Crippen molar-refractivity contribution in [1.29, 1.82) is 0 Å². The Morgan fingerprint density at radius 3 is 2.41 bits per heavy atom. The van der Waals surface area contributed by atoms with Gasteiger partial charge in [-0.25, -0.2) is 13.1 Å². The highest BCUT2D eigenvalue weighted by molar-refractivity contribution is 7.89. The Morgan fingerprint density at radius 2 is 1.70 bits per heavy atom. The number of aryl methyl sites for hydroxylation is 1. The van der Waals surface area contributed by atoms with Crippen molar-refractivity contribution in [2.75, 3.05) is 18.4 Å². The zero-order chi connectivity index (χ0) is 19.3. The van der Waals surface area contributed by atoms with E-state index in [0.717, 1.165) is 22.4 Å². The maximum Gasteiger partial charge on any atom is 0.242 e. The number of anilines is 1. The number of aromatic nitrogens is 2. The van der Waals surface area contributed by atoms with Crippen LogP contribution in [0.2, 0.25) is 5.02 Å². The van der Waals surface area contributed by atoms with Gasteiger partial charge in [-0.2, -0.15) is 0 Å². The molecule has 8 heteroatoms. The molecule has 0 bridgehead atoms. The van der Waals surface area contributed by atoms with Crippen molar-refractivity contribution >= 4 is 27.3 Å². The highest BCUT2D eigenvalue weighted by Crippen LogP contribution is 2.27. The Labute approximate surface area is 163 Å². The van der Waals surface area contributed by atoms with Crippen LogP contribution in [0.3, 0.4) is 0 Å². The Morgan fingerprint density at radius 1 is 0.963 bits per heavy atom. The van der Waals surface area contributed by atoms with E-state index in [1.165, 1.54) is 6.07 Å². The van der Waals surface area contributed by atoms with Gasteiger partial charge in [0, 0.05) is 43.6 Å². The number of nitrogens with one attached hydrogen (secondary N) is 2. The summed E-state index contributed by atoms with van der Waals surface area (Å²) in [5.41, 5.74) is 3.66. The van der Waals surface area contributed by atoms with Gasteiger partial charge in [0.15, 0.2) is 0 Å². The summed E-state index contributed by atoms with van der Waals surface area (Å²) in [5.74, 6) is 0. The summed E-state index contributed by atoms with van der Waals surface area (Å²) < 4.78 is 27.6. The fourth-order valence-corrected chi connectivity index (χ4v) is 4.15. The molecule has 3 aromatic rings. The lowest BCUT2D eigenvalue weighted by Gasteiger charge is -2.12. The van der Waals surface area contributed by atoms with Crippen LogP contribution in [0.5, 0.6) is 0 Å². The first kappa shape index (κ1) is 19.3. The summed E-state index contributed by atoms with van der Waals surface area (Å²) in [5, 5.41) is 3.35. The normalized spacial score (nSPS) is 11.3. The molecule has 0 saturated carbocycles. The lowest BCUT2D eigenvalue weighted by molar-refractivity contribution is 0.583. The standard InChI is InChI=1S/C19H19ClN4O2S/c1-14-13-22-9-6-18(14)23-10-11-24-27(25,26)19-3-2-16(12-17(19)20)15-4-7-21-8-5-15/h2-9,12-13,24H,10-11H2,1H3,(H,22,23). The molecule has 2 N–H and O–H groups in total. The van der Waals surface area contributed by atoms with Gasteiger partial charge in [0.25, 0.3) is 0 Å². The second-order valence-corrected chi connectivity index (χ2v) is 8.04. The number of sulfonamides is 1. The summed E-state index contributed by atoms with van der Waals surface area (Å²) in [6.07, 6.45) is 6.78. The molecule has 0 saturated heterocycles. The molecule has 3 rings (SSSR count). The van der Waals surface area contributed by atoms with Crippen LogP contribution in [-0.4, -0.2) is 31.5 Å². The van der Waals surface area contributed by atoms with Crippen molar-refractivity contribution in [2.45, 2.75) is 11.8 Å². The molecular weight excluding hydrogens is 384 g/mol. The van der Waals surface area contributed by atoms with Gasteiger partial charge in [-0.3, -0.25) is 9.97 Å². The van der Waals surface area contributed by atoms with Crippen LogP contribution >= 0.6 is 11.6 Å². The second kappa shape index (κ2) is 8.47.